The average Bonchev–Trinajstić information content (AvgIpc) is 3.12. The summed E-state index contributed by atoms with van der Waals surface area (Å²) >= 11 is 7.54. The molecule has 1 atom stereocenters. The minimum absolute atomic E-state index is 0.0586. The van der Waals surface area contributed by atoms with Crippen molar-refractivity contribution < 1.29 is 4.79 Å². The number of fused-ring (bicyclic) bond motifs is 2. The van der Waals surface area contributed by atoms with E-state index in [1.165, 1.54) is 11.3 Å². The number of ketones is 1. The molecule has 0 radical (unpaired) electrons. The molecular formula is C29H23ClN2O2S. The summed E-state index contributed by atoms with van der Waals surface area (Å²) in [6.45, 7) is 4.19. The second kappa shape index (κ2) is 8.14. The van der Waals surface area contributed by atoms with Crippen LogP contribution in [0.4, 0.5) is 0 Å². The predicted octanol–water partition coefficient (Wildman–Crippen LogP) is 5.41. The van der Waals surface area contributed by atoms with Gasteiger partial charge in [-0.15, -0.1) is 0 Å². The van der Waals surface area contributed by atoms with Crippen LogP contribution in [-0.2, 0) is 4.79 Å². The third kappa shape index (κ3) is 3.79. The highest BCUT2D eigenvalue weighted by Gasteiger charge is 2.40. The zero-order valence-electron chi connectivity index (χ0n) is 19.4. The van der Waals surface area contributed by atoms with Crippen LogP contribution in [0.5, 0.6) is 0 Å². The van der Waals surface area contributed by atoms with Crippen LogP contribution < -0.4 is 14.9 Å². The van der Waals surface area contributed by atoms with Gasteiger partial charge in [-0.2, -0.15) is 0 Å². The topological polar surface area (TPSA) is 51.4 Å². The normalized spacial score (nSPS) is 19.5. The molecule has 1 aliphatic heterocycles. The first-order valence-electron chi connectivity index (χ1n) is 11.6. The summed E-state index contributed by atoms with van der Waals surface area (Å²) < 4.78 is 2.30. The summed E-state index contributed by atoms with van der Waals surface area (Å²) in [6.07, 6.45) is 3.08. The van der Waals surface area contributed by atoms with Gasteiger partial charge in [0, 0.05) is 17.0 Å². The SMILES string of the molecule is CC1(C)CC(=O)C2=C(C1)N=c1sc(=Cc3cccc4ccccc34)c(=O)n1C2c1ccc(Cl)cc1. The number of rotatable bonds is 2. The zero-order valence-corrected chi connectivity index (χ0v) is 21.0. The maximum absolute atomic E-state index is 13.8. The summed E-state index contributed by atoms with van der Waals surface area (Å²) in [4.78, 5) is 32.7. The Kier molecular flexibility index (Phi) is 5.17. The van der Waals surface area contributed by atoms with Gasteiger partial charge in [0.15, 0.2) is 10.6 Å². The molecule has 0 saturated heterocycles. The van der Waals surface area contributed by atoms with Crippen molar-refractivity contribution in [2.24, 2.45) is 10.4 Å². The van der Waals surface area contributed by atoms with Gasteiger partial charge in [-0.3, -0.25) is 14.2 Å². The molecule has 2 aliphatic rings. The maximum atomic E-state index is 13.8. The van der Waals surface area contributed by atoms with Crippen molar-refractivity contribution >= 4 is 45.6 Å². The van der Waals surface area contributed by atoms with Crippen LogP contribution in [0.3, 0.4) is 0 Å². The highest BCUT2D eigenvalue weighted by molar-refractivity contribution is 7.07. The molecule has 0 saturated carbocycles. The van der Waals surface area contributed by atoms with Gasteiger partial charge < -0.3 is 0 Å². The monoisotopic (exact) mass is 498 g/mol. The molecule has 1 aliphatic carbocycles. The molecule has 174 valence electrons. The molecule has 4 aromatic rings. The van der Waals surface area contributed by atoms with Gasteiger partial charge in [0.05, 0.1) is 16.3 Å². The van der Waals surface area contributed by atoms with Crippen molar-refractivity contribution in [3.63, 3.8) is 0 Å². The van der Waals surface area contributed by atoms with Crippen molar-refractivity contribution in [2.75, 3.05) is 0 Å². The van der Waals surface area contributed by atoms with E-state index in [1.807, 2.05) is 42.5 Å². The van der Waals surface area contributed by atoms with E-state index in [0.717, 1.165) is 27.6 Å². The van der Waals surface area contributed by atoms with E-state index in [4.69, 9.17) is 16.6 Å². The molecule has 0 amide bonds. The molecule has 3 aromatic carbocycles. The second-order valence-electron chi connectivity index (χ2n) is 10.0. The Morgan fingerprint density at radius 3 is 2.54 bits per heavy atom. The standard InChI is InChI=1S/C29H23ClN2O2S/c1-29(2)15-22-25(23(33)16-29)26(18-10-12-20(30)13-11-18)32-27(34)24(35-28(32)31-22)14-19-8-5-7-17-6-3-4-9-21(17)19/h3-14,26H,15-16H2,1-2H3. The minimum atomic E-state index is -0.503. The van der Waals surface area contributed by atoms with Crippen LogP contribution in [0.15, 0.2) is 87.8 Å². The first kappa shape index (κ1) is 22.2. The predicted molar refractivity (Wildman–Crippen MR) is 142 cm³/mol. The molecule has 6 rings (SSSR count). The zero-order chi connectivity index (χ0) is 24.3. The molecule has 0 fully saturated rings. The molecule has 0 N–H and O–H groups in total. The number of aromatic nitrogens is 1. The molecule has 0 spiro atoms. The number of carbonyl (C=O) groups is 1. The molecule has 4 nitrogen and oxygen atoms in total. The summed E-state index contributed by atoms with van der Waals surface area (Å²) in [5.41, 5.74) is 2.98. The highest BCUT2D eigenvalue weighted by Crippen LogP contribution is 2.43. The Balaban J connectivity index is 1.61. The van der Waals surface area contributed by atoms with Crippen LogP contribution in [-0.4, -0.2) is 10.4 Å². The molecule has 1 aromatic heterocycles. The van der Waals surface area contributed by atoms with E-state index in [2.05, 4.69) is 32.0 Å². The summed E-state index contributed by atoms with van der Waals surface area (Å²) in [5.74, 6) is 0.0586. The molecule has 0 bridgehead atoms. The Morgan fingerprint density at radius 1 is 1.00 bits per heavy atom. The lowest BCUT2D eigenvalue weighted by atomic mass is 9.73. The van der Waals surface area contributed by atoms with Crippen LogP contribution >= 0.6 is 22.9 Å². The van der Waals surface area contributed by atoms with Crippen molar-refractivity contribution in [2.45, 2.75) is 32.7 Å². The second-order valence-corrected chi connectivity index (χ2v) is 11.4. The maximum Gasteiger partial charge on any atom is 0.271 e. The van der Waals surface area contributed by atoms with Gasteiger partial charge in [-0.25, -0.2) is 4.99 Å². The number of hydrogen-bond acceptors (Lipinski definition) is 4. The molecular weight excluding hydrogens is 476 g/mol. The third-order valence-corrected chi connectivity index (χ3v) is 8.03. The lowest BCUT2D eigenvalue weighted by molar-refractivity contribution is -0.118. The molecule has 35 heavy (non-hydrogen) atoms. The van der Waals surface area contributed by atoms with E-state index in [9.17, 15) is 9.59 Å². The largest absolute Gasteiger partial charge is 0.294 e. The van der Waals surface area contributed by atoms with E-state index in [0.29, 0.717) is 32.8 Å². The van der Waals surface area contributed by atoms with Crippen molar-refractivity contribution in [3.8, 4) is 0 Å². The van der Waals surface area contributed by atoms with E-state index in [1.54, 1.807) is 16.7 Å². The Labute approximate surface area is 211 Å². The number of nitrogens with zero attached hydrogens (tertiary/aromatic N) is 2. The van der Waals surface area contributed by atoms with Gasteiger partial charge in [0.2, 0.25) is 0 Å². The van der Waals surface area contributed by atoms with Crippen molar-refractivity contribution in [1.82, 2.24) is 4.57 Å². The van der Waals surface area contributed by atoms with Crippen LogP contribution in [0, 0.1) is 5.41 Å². The molecule has 6 heteroatoms. The summed E-state index contributed by atoms with van der Waals surface area (Å²) in [5, 5.41) is 2.82. The average molecular weight is 499 g/mol. The Morgan fingerprint density at radius 2 is 1.74 bits per heavy atom. The quantitative estimate of drug-likeness (QED) is 0.371. The number of carbonyl (C=O) groups excluding carboxylic acids is 1. The van der Waals surface area contributed by atoms with Gasteiger partial charge in [0.1, 0.15) is 0 Å². The minimum Gasteiger partial charge on any atom is -0.294 e. The van der Waals surface area contributed by atoms with Crippen LogP contribution in [0.25, 0.3) is 16.8 Å². The van der Waals surface area contributed by atoms with Crippen molar-refractivity contribution in [1.29, 1.82) is 0 Å². The fourth-order valence-corrected chi connectivity index (χ4v) is 6.36. The van der Waals surface area contributed by atoms with E-state index < -0.39 is 6.04 Å². The van der Waals surface area contributed by atoms with E-state index in [-0.39, 0.29) is 16.8 Å². The number of Topliss-reactive ketones (excluding diaryl/α,β-unsaturated/α-hetero) is 1. The molecule has 1 unspecified atom stereocenters. The summed E-state index contributed by atoms with van der Waals surface area (Å²) in [6, 6.07) is 21.1. The van der Waals surface area contributed by atoms with Crippen LogP contribution in [0.2, 0.25) is 5.02 Å². The highest BCUT2D eigenvalue weighted by atomic mass is 35.5. The van der Waals surface area contributed by atoms with Crippen molar-refractivity contribution in [3.05, 3.63) is 114 Å². The smallest absolute Gasteiger partial charge is 0.271 e. The third-order valence-electron chi connectivity index (χ3n) is 6.79. The van der Waals surface area contributed by atoms with Crippen LogP contribution in [0.1, 0.15) is 43.9 Å². The fraction of sp³-hybridized carbons (Fsp3) is 0.207. The first-order valence-corrected chi connectivity index (χ1v) is 12.8. The lowest BCUT2D eigenvalue weighted by Crippen LogP contribution is -2.42. The number of benzene rings is 3. The number of thiazole rings is 1. The number of halogens is 1. The number of hydrogen-bond donors (Lipinski definition) is 0. The Bertz CT molecular complexity index is 1720. The Hall–Kier alpha value is -3.28. The summed E-state index contributed by atoms with van der Waals surface area (Å²) in [7, 11) is 0. The molecule has 2 heterocycles. The van der Waals surface area contributed by atoms with Gasteiger partial charge >= 0.3 is 0 Å². The lowest BCUT2D eigenvalue weighted by Gasteiger charge is -2.35. The number of allylic oxidation sites excluding steroid dienone is 2. The van der Waals surface area contributed by atoms with E-state index >= 15 is 0 Å². The first-order chi connectivity index (χ1) is 16.8. The van der Waals surface area contributed by atoms with Gasteiger partial charge in [-0.1, -0.05) is 91.4 Å². The van der Waals surface area contributed by atoms with Gasteiger partial charge in [0.25, 0.3) is 5.56 Å². The van der Waals surface area contributed by atoms with Gasteiger partial charge in [-0.05, 0) is 51.9 Å². The fourth-order valence-electron chi connectivity index (χ4n) is 5.23.